The molecule has 0 atom stereocenters. The number of carbonyl (C=O) groups is 1. The van der Waals surface area contributed by atoms with E-state index in [0.717, 1.165) is 16.0 Å². The normalized spacial score (nSPS) is 10.2. The fourth-order valence-electron chi connectivity index (χ4n) is 1.74. The molecule has 0 saturated carbocycles. The van der Waals surface area contributed by atoms with Crippen molar-refractivity contribution in [3.05, 3.63) is 39.0 Å². The predicted molar refractivity (Wildman–Crippen MR) is 86.6 cm³/mol. The zero-order chi connectivity index (χ0) is 14.5. The van der Waals surface area contributed by atoms with Gasteiger partial charge in [-0.2, -0.15) is 0 Å². The Morgan fingerprint density at radius 1 is 1.40 bits per heavy atom. The molecule has 0 spiro atoms. The van der Waals surface area contributed by atoms with Gasteiger partial charge in [-0.15, -0.1) is 11.3 Å². The third-order valence-corrected chi connectivity index (χ3v) is 4.18. The molecule has 6 heteroatoms. The van der Waals surface area contributed by atoms with Crippen molar-refractivity contribution < 1.29 is 9.53 Å². The minimum absolute atomic E-state index is 0.118. The summed E-state index contributed by atoms with van der Waals surface area (Å²) in [5.74, 6) is 0.517. The number of methoxy groups -OCH3 is 1. The van der Waals surface area contributed by atoms with Gasteiger partial charge in [0.05, 0.1) is 16.6 Å². The fourth-order valence-corrected chi connectivity index (χ4v) is 2.95. The Morgan fingerprint density at radius 2 is 2.20 bits per heavy atom. The Hall–Kier alpha value is -1.53. The van der Waals surface area contributed by atoms with Crippen molar-refractivity contribution >= 4 is 44.5 Å². The Bertz CT molecular complexity index is 613. The van der Waals surface area contributed by atoms with Crippen LogP contribution in [-0.4, -0.2) is 13.0 Å². The predicted octanol–water partition coefficient (Wildman–Crippen LogP) is 4.09. The number of hydrogen-bond donors (Lipinski definition) is 2. The van der Waals surface area contributed by atoms with Crippen LogP contribution in [0, 0.1) is 0 Å². The van der Waals surface area contributed by atoms with Crippen LogP contribution in [0.2, 0.25) is 0 Å². The third-order valence-electron chi connectivity index (χ3n) is 2.63. The zero-order valence-electron chi connectivity index (χ0n) is 11.2. The number of carbonyl (C=O) groups excluding carboxylic acids is 1. The summed E-state index contributed by atoms with van der Waals surface area (Å²) in [5.41, 5.74) is 2.83. The number of amides is 1. The molecular formula is C14H15BrN2O2S. The molecule has 4 nitrogen and oxygen atoms in total. The van der Waals surface area contributed by atoms with Gasteiger partial charge in [0.15, 0.2) is 0 Å². The summed E-state index contributed by atoms with van der Waals surface area (Å²) in [4.78, 5) is 11.1. The lowest BCUT2D eigenvalue weighted by Gasteiger charge is -2.12. The molecule has 2 aromatic rings. The zero-order valence-corrected chi connectivity index (χ0v) is 13.6. The topological polar surface area (TPSA) is 50.4 Å². The molecule has 0 radical (unpaired) electrons. The Balaban J connectivity index is 2.07. The summed E-state index contributed by atoms with van der Waals surface area (Å²) in [6, 6.07) is 7.69. The summed E-state index contributed by atoms with van der Waals surface area (Å²) in [7, 11) is 1.58. The SMILES string of the molecule is COc1cc(NCc2csc(Br)c2)ccc1NC(C)=O. The van der Waals surface area contributed by atoms with E-state index in [9.17, 15) is 4.79 Å². The van der Waals surface area contributed by atoms with Crippen molar-refractivity contribution in [2.24, 2.45) is 0 Å². The van der Waals surface area contributed by atoms with Crippen LogP contribution in [0.15, 0.2) is 33.4 Å². The lowest BCUT2D eigenvalue weighted by molar-refractivity contribution is -0.114. The summed E-state index contributed by atoms with van der Waals surface area (Å²) in [6.45, 7) is 2.21. The number of halogens is 1. The molecule has 20 heavy (non-hydrogen) atoms. The standard InChI is InChI=1S/C14H15BrN2O2S/c1-9(18)17-12-4-3-11(6-13(12)19-2)16-7-10-5-14(15)20-8-10/h3-6,8,16H,7H2,1-2H3,(H,17,18). The van der Waals surface area contributed by atoms with Crippen LogP contribution in [-0.2, 0) is 11.3 Å². The average Bonchev–Trinajstić information content (AvgIpc) is 2.83. The van der Waals surface area contributed by atoms with E-state index in [-0.39, 0.29) is 5.91 Å². The van der Waals surface area contributed by atoms with Gasteiger partial charge in [-0.3, -0.25) is 4.79 Å². The van der Waals surface area contributed by atoms with E-state index >= 15 is 0 Å². The number of ether oxygens (including phenoxy) is 1. The van der Waals surface area contributed by atoms with E-state index in [1.807, 2.05) is 18.2 Å². The number of rotatable bonds is 5. The highest BCUT2D eigenvalue weighted by atomic mass is 79.9. The van der Waals surface area contributed by atoms with Crippen molar-refractivity contribution in [2.75, 3.05) is 17.7 Å². The molecule has 1 amide bonds. The Kier molecular flexibility index (Phi) is 5.03. The van der Waals surface area contributed by atoms with E-state index < -0.39 is 0 Å². The molecule has 0 saturated heterocycles. The smallest absolute Gasteiger partial charge is 0.221 e. The highest BCUT2D eigenvalue weighted by Crippen LogP contribution is 2.28. The molecule has 1 aromatic heterocycles. The molecule has 1 aromatic carbocycles. The van der Waals surface area contributed by atoms with Crippen molar-refractivity contribution in [3.8, 4) is 5.75 Å². The van der Waals surface area contributed by atoms with Gasteiger partial charge in [-0.1, -0.05) is 0 Å². The van der Waals surface area contributed by atoms with E-state index in [1.54, 1.807) is 18.4 Å². The molecule has 2 N–H and O–H groups in total. The van der Waals surface area contributed by atoms with Crippen LogP contribution < -0.4 is 15.4 Å². The van der Waals surface area contributed by atoms with Gasteiger partial charge in [0.25, 0.3) is 0 Å². The molecule has 0 fully saturated rings. The number of benzene rings is 1. The molecule has 0 aliphatic carbocycles. The largest absolute Gasteiger partial charge is 0.494 e. The lowest BCUT2D eigenvalue weighted by atomic mass is 10.2. The Morgan fingerprint density at radius 3 is 2.80 bits per heavy atom. The van der Waals surface area contributed by atoms with Crippen molar-refractivity contribution in [1.29, 1.82) is 0 Å². The van der Waals surface area contributed by atoms with Crippen LogP contribution in [0.5, 0.6) is 5.75 Å². The van der Waals surface area contributed by atoms with Gasteiger partial charge in [0.2, 0.25) is 5.91 Å². The third kappa shape index (κ3) is 3.98. The van der Waals surface area contributed by atoms with Crippen molar-refractivity contribution in [3.63, 3.8) is 0 Å². The molecule has 0 aliphatic heterocycles. The molecule has 0 bridgehead atoms. The first-order valence-electron chi connectivity index (χ1n) is 6.01. The first-order chi connectivity index (χ1) is 9.58. The summed E-state index contributed by atoms with van der Waals surface area (Å²) in [5, 5.41) is 8.15. The minimum Gasteiger partial charge on any atom is -0.494 e. The second-order valence-corrected chi connectivity index (χ2v) is 6.50. The first kappa shape index (κ1) is 14.9. The summed E-state index contributed by atoms with van der Waals surface area (Å²) >= 11 is 5.11. The van der Waals surface area contributed by atoms with E-state index in [1.165, 1.54) is 12.5 Å². The van der Waals surface area contributed by atoms with Gasteiger partial charge in [-0.05, 0) is 45.1 Å². The molecule has 1 heterocycles. The van der Waals surface area contributed by atoms with Crippen LogP contribution >= 0.6 is 27.3 Å². The van der Waals surface area contributed by atoms with Gasteiger partial charge in [0.1, 0.15) is 5.75 Å². The lowest BCUT2D eigenvalue weighted by Crippen LogP contribution is -2.07. The highest BCUT2D eigenvalue weighted by molar-refractivity contribution is 9.11. The van der Waals surface area contributed by atoms with Gasteiger partial charge < -0.3 is 15.4 Å². The van der Waals surface area contributed by atoms with Crippen LogP contribution in [0.3, 0.4) is 0 Å². The van der Waals surface area contributed by atoms with Crippen LogP contribution in [0.4, 0.5) is 11.4 Å². The average molecular weight is 355 g/mol. The number of hydrogen-bond acceptors (Lipinski definition) is 4. The van der Waals surface area contributed by atoms with Crippen LogP contribution in [0.1, 0.15) is 12.5 Å². The maximum Gasteiger partial charge on any atom is 0.221 e. The summed E-state index contributed by atoms with van der Waals surface area (Å²) in [6.07, 6.45) is 0. The molecule has 0 unspecified atom stereocenters. The van der Waals surface area contributed by atoms with Crippen molar-refractivity contribution in [1.82, 2.24) is 0 Å². The molecule has 0 aliphatic rings. The first-order valence-corrected chi connectivity index (χ1v) is 7.68. The number of anilines is 2. The van der Waals surface area contributed by atoms with Gasteiger partial charge in [0, 0.05) is 25.2 Å². The quantitative estimate of drug-likeness (QED) is 0.849. The summed E-state index contributed by atoms with van der Waals surface area (Å²) < 4.78 is 6.40. The monoisotopic (exact) mass is 354 g/mol. The van der Waals surface area contributed by atoms with Gasteiger partial charge in [-0.25, -0.2) is 0 Å². The van der Waals surface area contributed by atoms with E-state index in [4.69, 9.17) is 4.74 Å². The highest BCUT2D eigenvalue weighted by Gasteiger charge is 2.06. The minimum atomic E-state index is -0.118. The van der Waals surface area contributed by atoms with Gasteiger partial charge >= 0.3 is 0 Å². The van der Waals surface area contributed by atoms with Crippen LogP contribution in [0.25, 0.3) is 0 Å². The Labute approximate surface area is 130 Å². The maximum absolute atomic E-state index is 11.1. The van der Waals surface area contributed by atoms with Crippen molar-refractivity contribution in [2.45, 2.75) is 13.5 Å². The second kappa shape index (κ2) is 6.76. The molecular weight excluding hydrogens is 340 g/mol. The maximum atomic E-state index is 11.1. The van der Waals surface area contributed by atoms with E-state index in [0.29, 0.717) is 11.4 Å². The molecule has 106 valence electrons. The fraction of sp³-hybridized carbons (Fsp3) is 0.214. The second-order valence-electron chi connectivity index (χ2n) is 4.21. The number of nitrogens with one attached hydrogen (secondary N) is 2. The number of thiophene rings is 1. The van der Waals surface area contributed by atoms with E-state index in [2.05, 4.69) is 38.0 Å². The molecule has 2 rings (SSSR count).